The molecular formula is C17H15N7O5S3. The molecule has 0 unspecified atom stereocenters. The predicted molar refractivity (Wildman–Crippen MR) is 117 cm³/mol. The van der Waals surface area contributed by atoms with E-state index in [0.29, 0.717) is 22.1 Å². The van der Waals surface area contributed by atoms with Crippen LogP contribution in [0.25, 0.3) is 0 Å². The van der Waals surface area contributed by atoms with E-state index in [-0.39, 0.29) is 22.2 Å². The summed E-state index contributed by atoms with van der Waals surface area (Å²) in [6.07, 6.45) is 2.99. The second-order valence-electron chi connectivity index (χ2n) is 6.47. The Labute approximate surface area is 193 Å². The number of nitrogen functional groups attached to an aromatic ring is 1. The predicted octanol–water partition coefficient (Wildman–Crippen LogP) is 0.225. The number of β-lactam (4-membered cyclic amide) rings is 1. The Balaban J connectivity index is 1.48. The number of nitrogens with zero attached hydrogens (tertiary/aromatic N) is 5. The third kappa shape index (κ3) is 4.13. The lowest BCUT2D eigenvalue weighted by Crippen LogP contribution is -2.71. The van der Waals surface area contributed by atoms with Crippen LogP contribution in [0.5, 0.6) is 0 Å². The van der Waals surface area contributed by atoms with Crippen molar-refractivity contribution in [2.24, 2.45) is 5.16 Å². The number of aliphatic carboxylic acids is 1. The molecule has 2 amide bonds. The highest BCUT2D eigenvalue weighted by atomic mass is 32.2. The minimum atomic E-state index is -1.22. The van der Waals surface area contributed by atoms with Gasteiger partial charge in [0.1, 0.15) is 29.1 Å². The van der Waals surface area contributed by atoms with E-state index in [9.17, 15) is 24.7 Å². The van der Waals surface area contributed by atoms with Gasteiger partial charge in [-0.15, -0.1) is 34.9 Å². The van der Waals surface area contributed by atoms with Crippen molar-refractivity contribution in [1.82, 2.24) is 25.2 Å². The Morgan fingerprint density at radius 2 is 2.25 bits per heavy atom. The normalized spacial score (nSPS) is 20.6. The largest absolute Gasteiger partial charge is 0.477 e. The van der Waals surface area contributed by atoms with Crippen molar-refractivity contribution in [3.05, 3.63) is 40.9 Å². The van der Waals surface area contributed by atoms with Gasteiger partial charge in [0.25, 0.3) is 11.8 Å². The molecule has 15 heteroatoms. The smallest absolute Gasteiger partial charge is 0.352 e. The number of hydrogen-bond acceptors (Lipinski definition) is 12. The molecule has 2 atom stereocenters. The number of nitrogens with two attached hydrogens (primary N) is 1. The lowest BCUT2D eigenvalue weighted by Gasteiger charge is -2.49. The van der Waals surface area contributed by atoms with Crippen LogP contribution in [0.1, 0.15) is 5.69 Å². The van der Waals surface area contributed by atoms with Crippen molar-refractivity contribution in [2.45, 2.75) is 16.4 Å². The van der Waals surface area contributed by atoms with Gasteiger partial charge in [0.05, 0.1) is 5.03 Å². The van der Waals surface area contributed by atoms with Crippen LogP contribution in [0.3, 0.4) is 0 Å². The molecule has 0 saturated carbocycles. The summed E-state index contributed by atoms with van der Waals surface area (Å²) in [7, 11) is 0. The molecule has 4 heterocycles. The molecule has 2 aromatic heterocycles. The number of nitrogens with one attached hydrogen (secondary N) is 1. The second kappa shape index (κ2) is 9.13. The maximum atomic E-state index is 12.8. The first kappa shape index (κ1) is 22.0. The minimum absolute atomic E-state index is 0.0718. The topological polar surface area (TPSA) is 184 Å². The van der Waals surface area contributed by atoms with Gasteiger partial charge < -0.3 is 21.4 Å². The fourth-order valence-electron chi connectivity index (χ4n) is 3.14. The maximum Gasteiger partial charge on any atom is 0.352 e. The molecule has 4 rings (SSSR count). The first-order valence-corrected chi connectivity index (χ1v) is 11.8. The number of carbonyl (C=O) groups excluding carboxylic acids is 2. The Bertz CT molecular complexity index is 1140. The molecule has 2 aromatic rings. The van der Waals surface area contributed by atoms with Gasteiger partial charge in [0.15, 0.2) is 10.8 Å². The van der Waals surface area contributed by atoms with Gasteiger partial charge in [0.2, 0.25) is 0 Å². The number of anilines is 1. The number of thioether (sulfide) groups is 2. The van der Waals surface area contributed by atoms with Gasteiger partial charge in [0, 0.05) is 23.1 Å². The standard InChI is InChI=1S/C17H15N7O5S3/c18-17-21-8(5-32-17)10(23-29)13(25)22-11-14(26)24-12(16(27)28)7(4-31-15(11)24)3-30-9-1-2-19-6-20-9/h1-2,5-6,11,15,29H,3-4H2,(H2,18,21)(H,22,25)(H,27,28)/t11-,15+/m1/s1. The molecule has 0 spiro atoms. The Morgan fingerprint density at radius 1 is 1.44 bits per heavy atom. The van der Waals surface area contributed by atoms with E-state index in [1.54, 1.807) is 12.3 Å². The highest BCUT2D eigenvalue weighted by molar-refractivity contribution is 8.01. The van der Waals surface area contributed by atoms with E-state index < -0.39 is 29.2 Å². The first-order valence-electron chi connectivity index (χ1n) is 8.93. The monoisotopic (exact) mass is 493 g/mol. The van der Waals surface area contributed by atoms with Crippen LogP contribution in [0.15, 0.2) is 45.4 Å². The SMILES string of the molecule is Nc1nc(C(=NO)C(=O)N[C@@H]2C(=O)N3C(C(=O)O)=C(CSc4ccncn4)CS[C@@H]23)cs1. The number of hydrogen-bond donors (Lipinski definition) is 4. The van der Waals surface area contributed by atoms with E-state index >= 15 is 0 Å². The molecule has 1 fully saturated rings. The van der Waals surface area contributed by atoms with Crippen LogP contribution < -0.4 is 11.1 Å². The van der Waals surface area contributed by atoms with Crippen molar-refractivity contribution in [3.8, 4) is 0 Å². The zero-order valence-corrected chi connectivity index (χ0v) is 18.5. The van der Waals surface area contributed by atoms with E-state index in [4.69, 9.17) is 5.73 Å². The Hall–Kier alpha value is -3.17. The molecular weight excluding hydrogens is 478 g/mol. The summed E-state index contributed by atoms with van der Waals surface area (Å²) < 4.78 is 0. The quantitative estimate of drug-likeness (QED) is 0.103. The average molecular weight is 494 g/mol. The first-order chi connectivity index (χ1) is 15.4. The number of thiazole rings is 1. The third-order valence-electron chi connectivity index (χ3n) is 4.57. The highest BCUT2D eigenvalue weighted by Crippen LogP contribution is 2.41. The molecule has 12 nitrogen and oxygen atoms in total. The molecule has 5 N–H and O–H groups in total. The second-order valence-corrected chi connectivity index (χ2v) is 9.46. The summed E-state index contributed by atoms with van der Waals surface area (Å²) in [6.45, 7) is 0. The van der Waals surface area contributed by atoms with Crippen LogP contribution in [0, 0.1) is 0 Å². The molecule has 0 aliphatic carbocycles. The zero-order valence-electron chi connectivity index (χ0n) is 16.0. The summed E-state index contributed by atoms with van der Waals surface area (Å²) in [5.74, 6) is -1.90. The number of oxime groups is 1. The fraction of sp³-hybridized carbons (Fsp3) is 0.235. The Kier molecular flexibility index (Phi) is 6.29. The molecule has 2 aliphatic rings. The maximum absolute atomic E-state index is 12.8. The van der Waals surface area contributed by atoms with E-state index in [2.05, 4.69) is 25.4 Å². The lowest BCUT2D eigenvalue weighted by molar-refractivity contribution is -0.150. The van der Waals surface area contributed by atoms with Crippen LogP contribution in [-0.2, 0) is 14.4 Å². The average Bonchev–Trinajstić information content (AvgIpc) is 3.22. The molecule has 0 bridgehead atoms. The van der Waals surface area contributed by atoms with Crippen molar-refractivity contribution < 1.29 is 24.7 Å². The summed E-state index contributed by atoms with van der Waals surface area (Å²) in [6, 6.07) is 0.742. The van der Waals surface area contributed by atoms with Crippen molar-refractivity contribution in [2.75, 3.05) is 17.2 Å². The van der Waals surface area contributed by atoms with Crippen molar-refractivity contribution in [1.29, 1.82) is 0 Å². The van der Waals surface area contributed by atoms with E-state index in [1.807, 2.05) is 0 Å². The van der Waals surface area contributed by atoms with Crippen molar-refractivity contribution in [3.63, 3.8) is 0 Å². The lowest BCUT2D eigenvalue weighted by atomic mass is 10.0. The van der Waals surface area contributed by atoms with Gasteiger partial charge >= 0.3 is 5.97 Å². The van der Waals surface area contributed by atoms with Crippen LogP contribution in [0.4, 0.5) is 5.13 Å². The highest BCUT2D eigenvalue weighted by Gasteiger charge is 2.54. The van der Waals surface area contributed by atoms with E-state index in [0.717, 1.165) is 11.3 Å². The van der Waals surface area contributed by atoms with Gasteiger partial charge in [-0.3, -0.25) is 14.5 Å². The van der Waals surface area contributed by atoms with Gasteiger partial charge in [-0.2, -0.15) is 0 Å². The third-order valence-corrected chi connectivity index (χ3v) is 7.61. The summed E-state index contributed by atoms with van der Waals surface area (Å²) in [5.41, 5.74) is 5.72. The number of aromatic nitrogens is 3. The zero-order chi connectivity index (χ0) is 22.8. The minimum Gasteiger partial charge on any atom is -0.477 e. The van der Waals surface area contributed by atoms with Crippen molar-refractivity contribution >= 4 is 63.5 Å². The number of carbonyl (C=O) groups is 3. The van der Waals surface area contributed by atoms with Gasteiger partial charge in [-0.05, 0) is 11.6 Å². The van der Waals surface area contributed by atoms with Crippen LogP contribution >= 0.6 is 34.9 Å². The fourth-order valence-corrected chi connectivity index (χ4v) is 6.00. The molecule has 166 valence electrons. The van der Waals surface area contributed by atoms with E-state index in [1.165, 1.54) is 40.1 Å². The molecule has 0 radical (unpaired) electrons. The number of fused-ring (bicyclic) bond motifs is 1. The summed E-state index contributed by atoms with van der Waals surface area (Å²) >= 11 is 3.74. The Morgan fingerprint density at radius 3 is 2.88 bits per heavy atom. The summed E-state index contributed by atoms with van der Waals surface area (Å²) in [5, 5.41) is 26.1. The number of rotatable bonds is 7. The number of carboxylic acids is 1. The molecule has 32 heavy (non-hydrogen) atoms. The molecule has 2 aliphatic heterocycles. The van der Waals surface area contributed by atoms with Gasteiger partial charge in [-0.25, -0.2) is 19.7 Å². The van der Waals surface area contributed by atoms with Crippen LogP contribution in [0.2, 0.25) is 0 Å². The number of carboxylic acid groups (broad SMARTS) is 1. The summed E-state index contributed by atoms with van der Waals surface area (Å²) in [4.78, 5) is 50.2. The number of amides is 2. The molecule has 0 aromatic carbocycles. The van der Waals surface area contributed by atoms with Crippen LogP contribution in [-0.4, -0.2) is 76.6 Å². The van der Waals surface area contributed by atoms with Gasteiger partial charge in [-0.1, -0.05) is 5.16 Å². The molecule has 1 saturated heterocycles.